The molecule has 1 saturated carbocycles. The fourth-order valence-corrected chi connectivity index (χ4v) is 3.53. The Morgan fingerprint density at radius 2 is 1.81 bits per heavy atom. The van der Waals surface area contributed by atoms with Gasteiger partial charge in [0.15, 0.2) is 0 Å². The van der Waals surface area contributed by atoms with Crippen LogP contribution in [0.3, 0.4) is 0 Å². The highest BCUT2D eigenvalue weighted by Gasteiger charge is 2.25. The molecule has 2 N–H and O–H groups in total. The molecule has 21 heavy (non-hydrogen) atoms. The number of hydrogen-bond acceptors (Lipinski definition) is 2. The third kappa shape index (κ3) is 9.13. The van der Waals surface area contributed by atoms with Crippen LogP contribution in [0.4, 0.5) is 0 Å². The van der Waals surface area contributed by atoms with Gasteiger partial charge in [0.2, 0.25) is 0 Å². The van der Waals surface area contributed by atoms with Gasteiger partial charge in [-0.05, 0) is 44.6 Å². The predicted molar refractivity (Wildman–Crippen MR) is 88.6 cm³/mol. The fourth-order valence-electron chi connectivity index (χ4n) is 3.53. The Labute approximate surface area is 130 Å². The number of aliphatic carboxylic acids is 1. The highest BCUT2D eigenvalue weighted by molar-refractivity contribution is 5.66. The standard InChI is InChI=1S/C18H35NO2/c1-2-3-4-9-15-19-17-13-10-12-16(17)11-7-5-6-8-14-18(20)21/h16-17,19H,2-15H2,1H3,(H,20,21)/t16-,17-/m0/s1. The molecule has 3 nitrogen and oxygen atoms in total. The molecule has 2 atom stereocenters. The minimum atomic E-state index is -0.655. The molecule has 124 valence electrons. The van der Waals surface area contributed by atoms with Gasteiger partial charge in [0.05, 0.1) is 0 Å². The van der Waals surface area contributed by atoms with Gasteiger partial charge in [-0.15, -0.1) is 0 Å². The van der Waals surface area contributed by atoms with E-state index in [9.17, 15) is 4.79 Å². The largest absolute Gasteiger partial charge is 0.481 e. The second-order valence-corrected chi connectivity index (χ2v) is 6.66. The van der Waals surface area contributed by atoms with Crippen LogP contribution >= 0.6 is 0 Å². The van der Waals surface area contributed by atoms with Crippen molar-refractivity contribution < 1.29 is 9.90 Å². The zero-order valence-corrected chi connectivity index (χ0v) is 13.9. The average molecular weight is 297 g/mol. The average Bonchev–Trinajstić information content (AvgIpc) is 2.89. The van der Waals surface area contributed by atoms with Crippen LogP contribution < -0.4 is 5.32 Å². The summed E-state index contributed by atoms with van der Waals surface area (Å²) in [6.07, 6.45) is 15.6. The van der Waals surface area contributed by atoms with E-state index in [2.05, 4.69) is 12.2 Å². The molecule has 3 heteroatoms. The summed E-state index contributed by atoms with van der Waals surface area (Å²) in [6, 6.07) is 0.755. The molecule has 1 fully saturated rings. The SMILES string of the molecule is CCCCCCN[C@H]1CCC[C@@H]1CCCCCCC(=O)O. The van der Waals surface area contributed by atoms with Crippen LogP contribution in [0.5, 0.6) is 0 Å². The van der Waals surface area contributed by atoms with Gasteiger partial charge in [0.25, 0.3) is 0 Å². The van der Waals surface area contributed by atoms with E-state index in [1.807, 2.05) is 0 Å². The van der Waals surface area contributed by atoms with Crippen molar-refractivity contribution in [1.29, 1.82) is 0 Å². The second-order valence-electron chi connectivity index (χ2n) is 6.66. The van der Waals surface area contributed by atoms with Crippen molar-refractivity contribution in [2.24, 2.45) is 5.92 Å². The molecular formula is C18H35NO2. The molecule has 0 aromatic carbocycles. The van der Waals surface area contributed by atoms with E-state index in [-0.39, 0.29) is 0 Å². The van der Waals surface area contributed by atoms with Crippen LogP contribution in [0.1, 0.15) is 90.4 Å². The summed E-state index contributed by atoms with van der Waals surface area (Å²) in [4.78, 5) is 10.4. The Morgan fingerprint density at radius 3 is 2.57 bits per heavy atom. The predicted octanol–water partition coefficient (Wildman–Crippen LogP) is 4.75. The number of nitrogens with one attached hydrogen (secondary N) is 1. The van der Waals surface area contributed by atoms with Gasteiger partial charge < -0.3 is 10.4 Å². The Morgan fingerprint density at radius 1 is 1.05 bits per heavy atom. The summed E-state index contributed by atoms with van der Waals surface area (Å²) in [6.45, 7) is 3.46. The molecule has 0 aliphatic heterocycles. The lowest BCUT2D eigenvalue weighted by Crippen LogP contribution is -2.33. The van der Waals surface area contributed by atoms with E-state index in [1.165, 1.54) is 70.8 Å². The van der Waals surface area contributed by atoms with Crippen LogP contribution in [-0.4, -0.2) is 23.7 Å². The number of rotatable bonds is 13. The maximum absolute atomic E-state index is 10.4. The van der Waals surface area contributed by atoms with Crippen LogP contribution in [0, 0.1) is 5.92 Å². The molecule has 0 saturated heterocycles. The van der Waals surface area contributed by atoms with Crippen LogP contribution in [-0.2, 0) is 4.79 Å². The molecule has 0 aromatic heterocycles. The maximum atomic E-state index is 10.4. The van der Waals surface area contributed by atoms with Crippen molar-refractivity contribution in [3.8, 4) is 0 Å². The van der Waals surface area contributed by atoms with Gasteiger partial charge in [-0.25, -0.2) is 0 Å². The van der Waals surface area contributed by atoms with Gasteiger partial charge in [0.1, 0.15) is 0 Å². The first kappa shape index (κ1) is 18.5. The maximum Gasteiger partial charge on any atom is 0.303 e. The Balaban J connectivity index is 2.00. The van der Waals surface area contributed by atoms with Crippen molar-refractivity contribution in [3.63, 3.8) is 0 Å². The lowest BCUT2D eigenvalue weighted by molar-refractivity contribution is -0.137. The topological polar surface area (TPSA) is 49.3 Å². The highest BCUT2D eigenvalue weighted by atomic mass is 16.4. The Bertz CT molecular complexity index is 268. The number of carbonyl (C=O) groups is 1. The summed E-state index contributed by atoms with van der Waals surface area (Å²) < 4.78 is 0. The molecule has 1 aliphatic carbocycles. The third-order valence-electron chi connectivity index (χ3n) is 4.81. The summed E-state index contributed by atoms with van der Waals surface area (Å²) in [5.74, 6) is 0.216. The van der Waals surface area contributed by atoms with Gasteiger partial charge in [-0.2, -0.15) is 0 Å². The van der Waals surface area contributed by atoms with E-state index in [0.29, 0.717) is 6.42 Å². The van der Waals surface area contributed by atoms with Crippen molar-refractivity contribution in [3.05, 3.63) is 0 Å². The Hall–Kier alpha value is -0.570. The highest BCUT2D eigenvalue weighted by Crippen LogP contribution is 2.30. The molecule has 0 spiro atoms. The lowest BCUT2D eigenvalue weighted by atomic mass is 9.95. The summed E-state index contributed by atoms with van der Waals surface area (Å²) in [7, 11) is 0. The molecule has 1 rings (SSSR count). The molecule has 1 aliphatic rings. The summed E-state index contributed by atoms with van der Waals surface area (Å²) in [5, 5.41) is 12.4. The first-order valence-corrected chi connectivity index (χ1v) is 9.19. The molecule has 0 radical (unpaired) electrons. The van der Waals surface area contributed by atoms with Gasteiger partial charge in [-0.3, -0.25) is 4.79 Å². The zero-order chi connectivity index (χ0) is 15.3. The molecule has 0 amide bonds. The lowest BCUT2D eigenvalue weighted by Gasteiger charge is -2.21. The normalized spacial score (nSPS) is 21.8. The van der Waals surface area contributed by atoms with E-state index in [0.717, 1.165) is 24.8 Å². The monoisotopic (exact) mass is 297 g/mol. The van der Waals surface area contributed by atoms with E-state index >= 15 is 0 Å². The van der Waals surface area contributed by atoms with Gasteiger partial charge >= 0.3 is 5.97 Å². The van der Waals surface area contributed by atoms with Crippen molar-refractivity contribution in [2.45, 2.75) is 96.4 Å². The van der Waals surface area contributed by atoms with E-state index in [1.54, 1.807) is 0 Å². The first-order valence-electron chi connectivity index (χ1n) is 9.19. The first-order chi connectivity index (χ1) is 10.2. The number of carboxylic acid groups (broad SMARTS) is 1. The number of hydrogen-bond donors (Lipinski definition) is 2. The quantitative estimate of drug-likeness (QED) is 0.482. The minimum absolute atomic E-state index is 0.339. The second kappa shape index (κ2) is 12.0. The van der Waals surface area contributed by atoms with Crippen molar-refractivity contribution in [2.75, 3.05) is 6.54 Å². The molecule has 0 aromatic rings. The van der Waals surface area contributed by atoms with Crippen molar-refractivity contribution in [1.82, 2.24) is 5.32 Å². The van der Waals surface area contributed by atoms with Gasteiger partial charge in [0, 0.05) is 12.5 Å². The number of carboxylic acids is 1. The summed E-state index contributed by atoms with van der Waals surface area (Å²) >= 11 is 0. The molecule has 0 heterocycles. The smallest absolute Gasteiger partial charge is 0.303 e. The van der Waals surface area contributed by atoms with Gasteiger partial charge in [-0.1, -0.05) is 51.9 Å². The van der Waals surface area contributed by atoms with Crippen LogP contribution in [0.25, 0.3) is 0 Å². The Kier molecular flexibility index (Phi) is 10.6. The zero-order valence-electron chi connectivity index (χ0n) is 13.9. The van der Waals surface area contributed by atoms with E-state index < -0.39 is 5.97 Å². The fraction of sp³-hybridized carbons (Fsp3) is 0.944. The van der Waals surface area contributed by atoms with Crippen LogP contribution in [0.2, 0.25) is 0 Å². The summed E-state index contributed by atoms with van der Waals surface area (Å²) in [5.41, 5.74) is 0. The molecular weight excluding hydrogens is 262 g/mol. The number of unbranched alkanes of at least 4 members (excludes halogenated alkanes) is 6. The molecule has 0 unspecified atom stereocenters. The minimum Gasteiger partial charge on any atom is -0.481 e. The van der Waals surface area contributed by atoms with E-state index in [4.69, 9.17) is 5.11 Å². The third-order valence-corrected chi connectivity index (χ3v) is 4.81. The van der Waals surface area contributed by atoms with Crippen molar-refractivity contribution >= 4 is 5.97 Å². The molecule has 0 bridgehead atoms. The van der Waals surface area contributed by atoms with Crippen LogP contribution in [0.15, 0.2) is 0 Å².